The van der Waals surface area contributed by atoms with E-state index in [4.69, 9.17) is 0 Å². The Morgan fingerprint density at radius 2 is 1.50 bits per heavy atom. The first-order chi connectivity index (χ1) is 10.7. The molecule has 0 heterocycles. The van der Waals surface area contributed by atoms with E-state index in [1.807, 2.05) is 0 Å². The van der Waals surface area contributed by atoms with E-state index in [0.717, 1.165) is 11.3 Å². The maximum absolute atomic E-state index is 2.63. The zero-order chi connectivity index (χ0) is 15.4. The van der Waals surface area contributed by atoms with E-state index in [0.29, 0.717) is 0 Å². The van der Waals surface area contributed by atoms with Crippen molar-refractivity contribution in [2.24, 2.45) is 0 Å². The molecule has 0 aromatic heterocycles. The molecular weight excluding hydrogens is 283 g/mol. The molecule has 0 saturated heterocycles. The summed E-state index contributed by atoms with van der Waals surface area (Å²) in [4.78, 5) is 0. The van der Waals surface area contributed by atoms with Gasteiger partial charge < -0.3 is 0 Å². The summed E-state index contributed by atoms with van der Waals surface area (Å²) in [6.07, 6.45) is 22.3. The third-order valence-corrected chi connectivity index (χ3v) is 10.9. The van der Waals surface area contributed by atoms with E-state index >= 15 is 0 Å². The van der Waals surface area contributed by atoms with Gasteiger partial charge in [-0.05, 0) is 0 Å². The number of allylic oxidation sites excluding steroid dienone is 8. The van der Waals surface area contributed by atoms with Gasteiger partial charge in [0.15, 0.2) is 0 Å². The van der Waals surface area contributed by atoms with Gasteiger partial charge in [-0.3, -0.25) is 0 Å². The fourth-order valence-corrected chi connectivity index (χ4v) is 8.64. The Kier molecular flexibility index (Phi) is 4.79. The topological polar surface area (TPSA) is 0 Å². The monoisotopic (exact) mass is 310 g/mol. The fourth-order valence-electron chi connectivity index (χ4n) is 3.90. The van der Waals surface area contributed by atoms with Crippen LogP contribution in [0.1, 0.15) is 24.0 Å². The molecule has 0 bridgehead atoms. The van der Waals surface area contributed by atoms with Crippen LogP contribution in [0.25, 0.3) is 0 Å². The third kappa shape index (κ3) is 3.18. The molecule has 116 valence electrons. The van der Waals surface area contributed by atoms with Gasteiger partial charge in [-0.15, -0.1) is 0 Å². The Morgan fingerprint density at radius 1 is 0.909 bits per heavy atom. The second-order valence-electron chi connectivity index (χ2n) is 6.92. The van der Waals surface area contributed by atoms with Crippen LogP contribution in [-0.4, -0.2) is 18.0 Å². The normalized spacial score (nSPS) is 24.6. The van der Waals surface area contributed by atoms with Gasteiger partial charge in [0.1, 0.15) is 0 Å². The van der Waals surface area contributed by atoms with E-state index in [-0.39, 0.29) is 0 Å². The summed E-state index contributed by atoms with van der Waals surface area (Å²) in [7, 11) is -1.50. The molecular formula is C21H27P. The molecule has 0 spiro atoms. The van der Waals surface area contributed by atoms with Crippen LogP contribution in [0.2, 0.25) is 0 Å². The van der Waals surface area contributed by atoms with Gasteiger partial charge in [0.25, 0.3) is 0 Å². The minimum atomic E-state index is -1.50. The maximum atomic E-state index is 2.63. The number of benzene rings is 1. The number of aryl methyl sites for hydroxylation is 1. The second kappa shape index (κ2) is 6.80. The Labute approximate surface area is 135 Å². The quantitative estimate of drug-likeness (QED) is 0.631. The first-order valence-electron chi connectivity index (χ1n) is 8.41. The molecule has 0 amide bonds. The van der Waals surface area contributed by atoms with Crippen LogP contribution < -0.4 is 0 Å². The number of hydrogen-bond acceptors (Lipinski definition) is 0. The van der Waals surface area contributed by atoms with Crippen molar-refractivity contribution in [2.45, 2.75) is 37.2 Å². The average Bonchev–Trinajstić information content (AvgIpc) is 2.58. The third-order valence-electron chi connectivity index (χ3n) is 5.49. The van der Waals surface area contributed by atoms with Gasteiger partial charge in [0.2, 0.25) is 0 Å². The van der Waals surface area contributed by atoms with E-state index in [2.05, 4.69) is 86.5 Å². The molecule has 0 radical (unpaired) electrons. The molecule has 2 unspecified atom stereocenters. The van der Waals surface area contributed by atoms with E-state index < -0.39 is 7.26 Å². The Bertz CT molecular complexity index is 603. The van der Waals surface area contributed by atoms with E-state index in [1.54, 1.807) is 5.56 Å². The summed E-state index contributed by atoms with van der Waals surface area (Å²) in [5.74, 6) is 0. The predicted molar refractivity (Wildman–Crippen MR) is 102 cm³/mol. The van der Waals surface area contributed by atoms with Crippen LogP contribution in [0.15, 0.2) is 72.9 Å². The Morgan fingerprint density at radius 3 is 2.00 bits per heavy atom. The van der Waals surface area contributed by atoms with Crippen molar-refractivity contribution >= 4 is 7.26 Å². The van der Waals surface area contributed by atoms with Crippen LogP contribution in [0.3, 0.4) is 0 Å². The predicted octanol–water partition coefficient (Wildman–Crippen LogP) is 5.64. The first kappa shape index (κ1) is 15.5. The number of rotatable bonds is 4. The average molecular weight is 310 g/mol. The fraction of sp³-hybridized carbons (Fsp3) is 0.333. The summed E-state index contributed by atoms with van der Waals surface area (Å²) in [5, 5.41) is 0. The van der Waals surface area contributed by atoms with E-state index in [9.17, 15) is 0 Å². The molecule has 2 aliphatic rings. The van der Waals surface area contributed by atoms with E-state index in [1.165, 1.54) is 24.6 Å². The van der Waals surface area contributed by atoms with Gasteiger partial charge in [-0.25, -0.2) is 0 Å². The van der Waals surface area contributed by atoms with Crippen molar-refractivity contribution in [1.82, 2.24) is 0 Å². The molecule has 1 aromatic carbocycles. The Hall–Kier alpha value is -1.39. The van der Waals surface area contributed by atoms with Crippen molar-refractivity contribution < 1.29 is 0 Å². The summed E-state index contributed by atoms with van der Waals surface area (Å²) < 4.78 is 0. The molecule has 2 atom stereocenters. The van der Waals surface area contributed by atoms with Gasteiger partial charge in [-0.1, -0.05) is 0 Å². The summed E-state index contributed by atoms with van der Waals surface area (Å²) in [5.41, 5.74) is 4.51. The van der Waals surface area contributed by atoms with Crippen LogP contribution in [0, 0.1) is 6.92 Å². The van der Waals surface area contributed by atoms with Crippen molar-refractivity contribution in [3.8, 4) is 0 Å². The molecule has 0 aliphatic heterocycles. The zero-order valence-electron chi connectivity index (χ0n) is 13.7. The summed E-state index contributed by atoms with van der Waals surface area (Å²) in [6.45, 7) is 4.89. The number of hydrogen-bond donors (Lipinski definition) is 0. The molecule has 0 fully saturated rings. The SMILES string of the molecule is Cc1ccccc1C[PH](C)(C1C=CC=CC1)C1C=CC=CC1. The first-order valence-corrected chi connectivity index (χ1v) is 11.3. The molecule has 22 heavy (non-hydrogen) atoms. The Balaban J connectivity index is 1.93. The minimum absolute atomic E-state index is 0.748. The van der Waals surface area contributed by atoms with Gasteiger partial charge in [0.05, 0.1) is 0 Å². The molecule has 2 aliphatic carbocycles. The van der Waals surface area contributed by atoms with Crippen molar-refractivity contribution in [3.05, 3.63) is 84.0 Å². The van der Waals surface area contributed by atoms with Crippen molar-refractivity contribution in [2.75, 3.05) is 6.66 Å². The molecule has 1 heteroatoms. The summed E-state index contributed by atoms with van der Waals surface area (Å²) >= 11 is 0. The van der Waals surface area contributed by atoms with Crippen LogP contribution >= 0.6 is 7.26 Å². The van der Waals surface area contributed by atoms with Crippen LogP contribution in [0.4, 0.5) is 0 Å². The van der Waals surface area contributed by atoms with Gasteiger partial charge in [-0.2, -0.15) is 0 Å². The summed E-state index contributed by atoms with van der Waals surface area (Å²) in [6, 6.07) is 8.96. The van der Waals surface area contributed by atoms with Crippen LogP contribution in [0.5, 0.6) is 0 Å². The van der Waals surface area contributed by atoms with Gasteiger partial charge in [0, 0.05) is 0 Å². The molecule has 0 saturated carbocycles. The van der Waals surface area contributed by atoms with Crippen molar-refractivity contribution in [1.29, 1.82) is 0 Å². The van der Waals surface area contributed by atoms with Crippen LogP contribution in [-0.2, 0) is 6.16 Å². The molecule has 1 aromatic rings. The second-order valence-corrected chi connectivity index (χ2v) is 11.8. The zero-order valence-corrected chi connectivity index (χ0v) is 14.7. The van der Waals surface area contributed by atoms with Crippen molar-refractivity contribution in [3.63, 3.8) is 0 Å². The standard InChI is InChI=1S/C21H27P/c1-18-11-9-10-12-19(18)17-22(2,20-13-5-3-6-14-20)21-15-7-4-8-16-21/h3-13,15,20-22H,14,16-17H2,1-2H3. The van der Waals surface area contributed by atoms with Gasteiger partial charge >= 0.3 is 135 Å². The molecule has 3 rings (SSSR count). The molecule has 0 nitrogen and oxygen atoms in total. The molecule has 0 N–H and O–H groups in total.